The molecule has 6 nitrogen and oxygen atoms in total. The Kier molecular flexibility index (Phi) is 4.06. The van der Waals surface area contributed by atoms with Crippen LogP contribution >= 0.6 is 11.8 Å². The van der Waals surface area contributed by atoms with Crippen LogP contribution < -0.4 is 11.1 Å². The van der Waals surface area contributed by atoms with E-state index in [-0.39, 0.29) is 5.91 Å². The van der Waals surface area contributed by atoms with Crippen molar-refractivity contribution in [2.24, 2.45) is 5.73 Å². The van der Waals surface area contributed by atoms with E-state index in [4.69, 9.17) is 5.73 Å². The molecule has 0 aliphatic heterocycles. The quantitative estimate of drug-likeness (QED) is 0.759. The molecular formula is C12H17N5OS. The van der Waals surface area contributed by atoms with Gasteiger partial charge in [-0.2, -0.15) is 0 Å². The standard InChI is InChI=1S/C12H17N5OS/c1-12(14-2,10(13)18)6-8-19-11-16-15-9-5-3-4-7-17(9)11/h3-5,7,14H,6,8H2,1-2H3,(H2,13,18). The Labute approximate surface area is 115 Å². The smallest absolute Gasteiger partial charge is 0.237 e. The van der Waals surface area contributed by atoms with E-state index < -0.39 is 5.54 Å². The molecule has 0 aliphatic rings. The number of fused-ring (bicyclic) bond motifs is 1. The first-order chi connectivity index (χ1) is 9.07. The summed E-state index contributed by atoms with van der Waals surface area (Å²) in [7, 11) is 1.74. The number of aromatic nitrogens is 3. The summed E-state index contributed by atoms with van der Waals surface area (Å²) in [4.78, 5) is 11.4. The summed E-state index contributed by atoms with van der Waals surface area (Å²) in [5, 5.41) is 12.0. The zero-order valence-corrected chi connectivity index (χ0v) is 11.8. The predicted molar refractivity (Wildman–Crippen MR) is 75.0 cm³/mol. The lowest BCUT2D eigenvalue weighted by Crippen LogP contribution is -2.51. The molecule has 0 radical (unpaired) electrons. The molecule has 0 aliphatic carbocycles. The van der Waals surface area contributed by atoms with Gasteiger partial charge in [-0.15, -0.1) is 10.2 Å². The van der Waals surface area contributed by atoms with Crippen molar-refractivity contribution in [1.29, 1.82) is 0 Å². The number of primary amides is 1. The van der Waals surface area contributed by atoms with Crippen LogP contribution in [-0.4, -0.2) is 38.8 Å². The van der Waals surface area contributed by atoms with Crippen molar-refractivity contribution in [1.82, 2.24) is 19.9 Å². The Balaban J connectivity index is 2.01. The first-order valence-electron chi connectivity index (χ1n) is 5.98. The van der Waals surface area contributed by atoms with Crippen LogP contribution in [-0.2, 0) is 4.79 Å². The zero-order valence-electron chi connectivity index (χ0n) is 11.0. The summed E-state index contributed by atoms with van der Waals surface area (Å²) in [6, 6.07) is 5.75. The predicted octanol–water partition coefficient (Wildman–Crippen LogP) is 0.675. The maximum absolute atomic E-state index is 11.4. The minimum atomic E-state index is -0.687. The Morgan fingerprint density at radius 3 is 3.00 bits per heavy atom. The van der Waals surface area contributed by atoms with Crippen molar-refractivity contribution in [3.63, 3.8) is 0 Å². The molecule has 0 spiro atoms. The molecule has 2 rings (SSSR count). The molecule has 0 saturated heterocycles. The number of carbonyl (C=O) groups is 1. The second-order valence-corrected chi connectivity index (χ2v) is 5.52. The van der Waals surface area contributed by atoms with Crippen molar-refractivity contribution in [2.45, 2.75) is 24.0 Å². The second-order valence-electron chi connectivity index (χ2n) is 4.46. The molecule has 19 heavy (non-hydrogen) atoms. The highest BCUT2D eigenvalue weighted by Gasteiger charge is 2.28. The van der Waals surface area contributed by atoms with Crippen molar-refractivity contribution >= 4 is 23.3 Å². The van der Waals surface area contributed by atoms with Crippen LogP contribution in [0.5, 0.6) is 0 Å². The maximum atomic E-state index is 11.4. The van der Waals surface area contributed by atoms with Gasteiger partial charge in [0.1, 0.15) is 0 Å². The highest BCUT2D eigenvalue weighted by molar-refractivity contribution is 7.99. The van der Waals surface area contributed by atoms with E-state index in [2.05, 4.69) is 15.5 Å². The van der Waals surface area contributed by atoms with Gasteiger partial charge in [0.25, 0.3) is 0 Å². The molecule has 3 N–H and O–H groups in total. The third-order valence-corrected chi connectivity index (χ3v) is 4.16. The lowest BCUT2D eigenvalue weighted by molar-refractivity contribution is -0.123. The molecule has 0 fully saturated rings. The summed E-state index contributed by atoms with van der Waals surface area (Å²) in [6.45, 7) is 1.80. The van der Waals surface area contributed by atoms with Crippen LogP contribution in [0.4, 0.5) is 0 Å². The monoisotopic (exact) mass is 279 g/mol. The fourth-order valence-electron chi connectivity index (χ4n) is 1.64. The molecule has 2 heterocycles. The Bertz CT molecular complexity index is 584. The number of carbonyl (C=O) groups excluding carboxylic acids is 1. The van der Waals surface area contributed by atoms with Crippen molar-refractivity contribution in [2.75, 3.05) is 12.8 Å². The number of hydrogen-bond donors (Lipinski definition) is 2. The van der Waals surface area contributed by atoms with Crippen molar-refractivity contribution in [3.8, 4) is 0 Å². The molecule has 0 saturated carbocycles. The fraction of sp³-hybridized carbons (Fsp3) is 0.417. The van der Waals surface area contributed by atoms with E-state index in [1.165, 1.54) is 0 Å². The molecule has 1 amide bonds. The molecule has 102 valence electrons. The Hall–Kier alpha value is -1.60. The molecule has 2 aromatic rings. The molecule has 1 atom stereocenters. The zero-order chi connectivity index (χ0) is 13.9. The first-order valence-corrected chi connectivity index (χ1v) is 6.97. The summed E-state index contributed by atoms with van der Waals surface area (Å²) >= 11 is 1.56. The minimum absolute atomic E-state index is 0.346. The largest absolute Gasteiger partial charge is 0.368 e. The van der Waals surface area contributed by atoms with Gasteiger partial charge in [-0.25, -0.2) is 0 Å². The second kappa shape index (κ2) is 5.58. The third-order valence-electron chi connectivity index (χ3n) is 3.21. The lowest BCUT2D eigenvalue weighted by atomic mass is 9.99. The van der Waals surface area contributed by atoms with E-state index >= 15 is 0 Å². The average molecular weight is 279 g/mol. The van der Waals surface area contributed by atoms with Gasteiger partial charge in [-0.05, 0) is 32.5 Å². The molecule has 0 aromatic carbocycles. The van der Waals surface area contributed by atoms with E-state index in [1.807, 2.05) is 28.8 Å². The molecule has 2 aromatic heterocycles. The Morgan fingerprint density at radius 1 is 1.53 bits per heavy atom. The number of rotatable bonds is 6. The maximum Gasteiger partial charge on any atom is 0.237 e. The van der Waals surface area contributed by atoms with Gasteiger partial charge in [0.15, 0.2) is 10.8 Å². The van der Waals surface area contributed by atoms with Crippen LogP contribution in [0.2, 0.25) is 0 Å². The van der Waals surface area contributed by atoms with Crippen LogP contribution in [0.15, 0.2) is 29.6 Å². The summed E-state index contributed by atoms with van der Waals surface area (Å²) < 4.78 is 1.92. The number of nitrogens with zero attached hydrogens (tertiary/aromatic N) is 3. The van der Waals surface area contributed by atoms with Crippen LogP contribution in [0.1, 0.15) is 13.3 Å². The normalized spacial score (nSPS) is 14.4. The van der Waals surface area contributed by atoms with Gasteiger partial charge in [0, 0.05) is 11.9 Å². The summed E-state index contributed by atoms with van der Waals surface area (Å²) in [5.41, 5.74) is 5.52. The molecular weight excluding hydrogens is 262 g/mol. The Morgan fingerprint density at radius 2 is 2.32 bits per heavy atom. The number of pyridine rings is 1. The number of likely N-dealkylation sites (N-methyl/N-ethyl adjacent to an activating group) is 1. The molecule has 0 bridgehead atoms. The lowest BCUT2D eigenvalue weighted by Gasteiger charge is -2.24. The van der Waals surface area contributed by atoms with Gasteiger partial charge in [0.2, 0.25) is 5.91 Å². The van der Waals surface area contributed by atoms with E-state index in [0.29, 0.717) is 6.42 Å². The van der Waals surface area contributed by atoms with E-state index in [0.717, 1.165) is 16.6 Å². The van der Waals surface area contributed by atoms with Gasteiger partial charge in [0.05, 0.1) is 5.54 Å². The summed E-state index contributed by atoms with van der Waals surface area (Å²) in [5.74, 6) is 0.386. The number of hydrogen-bond acceptors (Lipinski definition) is 5. The number of nitrogens with one attached hydrogen (secondary N) is 1. The van der Waals surface area contributed by atoms with Gasteiger partial charge >= 0.3 is 0 Å². The van der Waals surface area contributed by atoms with Gasteiger partial charge in [-0.1, -0.05) is 17.8 Å². The average Bonchev–Trinajstić information content (AvgIpc) is 2.82. The van der Waals surface area contributed by atoms with E-state index in [9.17, 15) is 4.79 Å². The number of thioether (sulfide) groups is 1. The van der Waals surface area contributed by atoms with Crippen LogP contribution in [0.25, 0.3) is 5.65 Å². The highest BCUT2D eigenvalue weighted by atomic mass is 32.2. The number of amides is 1. The van der Waals surface area contributed by atoms with Crippen molar-refractivity contribution < 1.29 is 4.79 Å². The van der Waals surface area contributed by atoms with Gasteiger partial charge < -0.3 is 11.1 Å². The fourth-order valence-corrected chi connectivity index (χ4v) is 2.72. The topological polar surface area (TPSA) is 85.3 Å². The summed E-state index contributed by atoms with van der Waals surface area (Å²) in [6.07, 6.45) is 2.55. The highest BCUT2D eigenvalue weighted by Crippen LogP contribution is 2.20. The SMILES string of the molecule is CNC(C)(CCSc1nnc2ccccn12)C(N)=O. The third kappa shape index (κ3) is 2.87. The van der Waals surface area contributed by atoms with Crippen LogP contribution in [0.3, 0.4) is 0 Å². The van der Waals surface area contributed by atoms with Gasteiger partial charge in [-0.3, -0.25) is 9.20 Å². The molecule has 7 heteroatoms. The van der Waals surface area contributed by atoms with E-state index in [1.54, 1.807) is 25.7 Å². The van der Waals surface area contributed by atoms with Crippen LogP contribution in [0, 0.1) is 0 Å². The van der Waals surface area contributed by atoms with Crippen molar-refractivity contribution in [3.05, 3.63) is 24.4 Å². The number of nitrogens with two attached hydrogens (primary N) is 1. The molecule has 1 unspecified atom stereocenters. The minimum Gasteiger partial charge on any atom is -0.368 e. The first kappa shape index (κ1) is 13.8.